The van der Waals surface area contributed by atoms with Crippen molar-refractivity contribution in [2.24, 2.45) is 0 Å². The molecule has 2 aromatic rings. The second-order valence-corrected chi connectivity index (χ2v) is 7.33. The van der Waals surface area contributed by atoms with Crippen molar-refractivity contribution in [3.8, 4) is 5.69 Å². The standard InChI is InChI=1S/C18H24N4O3/c1-18(2,3)25-17(24)21-10-8-16(23)15(12-21)13-4-6-14(7-5-13)22-11-9-19-20-22/h4-7,9,11,15-16,23H,8,10,12H2,1-3H3/t15-,16-/m0/s1. The van der Waals surface area contributed by atoms with Crippen LogP contribution < -0.4 is 0 Å². The lowest BCUT2D eigenvalue weighted by molar-refractivity contribution is 0.00407. The highest BCUT2D eigenvalue weighted by Crippen LogP contribution is 2.29. The molecule has 2 atom stereocenters. The average Bonchev–Trinajstić information content (AvgIpc) is 3.08. The van der Waals surface area contributed by atoms with E-state index in [1.54, 1.807) is 22.0 Å². The largest absolute Gasteiger partial charge is 0.444 e. The second-order valence-electron chi connectivity index (χ2n) is 7.33. The van der Waals surface area contributed by atoms with Gasteiger partial charge in [-0.3, -0.25) is 0 Å². The molecule has 7 heteroatoms. The third-order valence-corrected chi connectivity index (χ3v) is 4.24. The zero-order valence-corrected chi connectivity index (χ0v) is 14.8. The maximum atomic E-state index is 12.3. The molecule has 25 heavy (non-hydrogen) atoms. The highest BCUT2D eigenvalue weighted by atomic mass is 16.6. The van der Waals surface area contributed by atoms with Gasteiger partial charge in [0.2, 0.25) is 0 Å². The number of piperidine rings is 1. The number of hydrogen-bond donors (Lipinski definition) is 1. The van der Waals surface area contributed by atoms with Gasteiger partial charge in [0.05, 0.1) is 24.2 Å². The quantitative estimate of drug-likeness (QED) is 0.904. The van der Waals surface area contributed by atoms with Gasteiger partial charge < -0.3 is 14.7 Å². The average molecular weight is 344 g/mol. The van der Waals surface area contributed by atoms with Crippen LogP contribution in [-0.2, 0) is 4.74 Å². The topological polar surface area (TPSA) is 80.5 Å². The molecule has 1 aliphatic rings. The number of aromatic nitrogens is 3. The molecule has 2 heterocycles. The predicted molar refractivity (Wildman–Crippen MR) is 92.5 cm³/mol. The molecule has 0 radical (unpaired) electrons. The Morgan fingerprint density at radius 1 is 1.28 bits per heavy atom. The lowest BCUT2D eigenvalue weighted by atomic mass is 9.88. The summed E-state index contributed by atoms with van der Waals surface area (Å²) in [7, 11) is 0. The minimum atomic E-state index is -0.526. The van der Waals surface area contributed by atoms with Gasteiger partial charge in [-0.05, 0) is 44.9 Å². The zero-order chi connectivity index (χ0) is 18.0. The maximum absolute atomic E-state index is 12.3. The predicted octanol–water partition coefficient (Wildman–Crippen LogP) is 2.35. The van der Waals surface area contributed by atoms with Crippen LogP contribution in [0.3, 0.4) is 0 Å². The van der Waals surface area contributed by atoms with Crippen LogP contribution in [0.15, 0.2) is 36.7 Å². The molecular formula is C18H24N4O3. The van der Waals surface area contributed by atoms with E-state index in [4.69, 9.17) is 4.74 Å². The Morgan fingerprint density at radius 3 is 2.60 bits per heavy atom. The Labute approximate surface area is 147 Å². The molecule has 0 spiro atoms. The molecule has 1 N–H and O–H groups in total. The normalized spacial score (nSPS) is 21.2. The summed E-state index contributed by atoms with van der Waals surface area (Å²) in [5.41, 5.74) is 1.36. The smallest absolute Gasteiger partial charge is 0.410 e. The fourth-order valence-corrected chi connectivity index (χ4v) is 2.98. The number of nitrogens with zero attached hydrogens (tertiary/aromatic N) is 4. The minimum Gasteiger partial charge on any atom is -0.444 e. The van der Waals surface area contributed by atoms with Crippen molar-refractivity contribution in [2.45, 2.75) is 44.8 Å². The number of amides is 1. The van der Waals surface area contributed by atoms with Gasteiger partial charge in [0.25, 0.3) is 0 Å². The van der Waals surface area contributed by atoms with E-state index in [-0.39, 0.29) is 12.0 Å². The lowest BCUT2D eigenvalue weighted by Gasteiger charge is -2.37. The highest BCUT2D eigenvalue weighted by molar-refractivity contribution is 5.68. The molecule has 0 aliphatic carbocycles. The molecule has 1 fully saturated rings. The van der Waals surface area contributed by atoms with Crippen molar-refractivity contribution >= 4 is 6.09 Å². The first-order valence-corrected chi connectivity index (χ1v) is 8.46. The minimum absolute atomic E-state index is 0.133. The number of carbonyl (C=O) groups is 1. The Bertz CT molecular complexity index is 707. The van der Waals surface area contributed by atoms with Crippen molar-refractivity contribution < 1.29 is 14.6 Å². The number of ether oxygens (including phenoxy) is 1. The van der Waals surface area contributed by atoms with E-state index in [1.165, 1.54) is 0 Å². The first-order valence-electron chi connectivity index (χ1n) is 8.46. The molecule has 1 aromatic carbocycles. The fraction of sp³-hybridized carbons (Fsp3) is 0.500. The van der Waals surface area contributed by atoms with Gasteiger partial charge in [-0.2, -0.15) is 0 Å². The van der Waals surface area contributed by atoms with E-state index in [1.807, 2.05) is 45.0 Å². The number of aliphatic hydroxyl groups excluding tert-OH is 1. The van der Waals surface area contributed by atoms with E-state index >= 15 is 0 Å². The number of likely N-dealkylation sites (tertiary alicyclic amines) is 1. The lowest BCUT2D eigenvalue weighted by Crippen LogP contribution is -2.46. The molecular weight excluding hydrogens is 320 g/mol. The summed E-state index contributed by atoms with van der Waals surface area (Å²) in [5, 5.41) is 18.2. The molecule has 0 bridgehead atoms. The Balaban J connectivity index is 1.73. The SMILES string of the molecule is CC(C)(C)OC(=O)N1CC[C@H](O)[C@H](c2ccc(-n3ccnn3)cc2)C1. The van der Waals surface area contributed by atoms with Crippen molar-refractivity contribution in [1.29, 1.82) is 0 Å². The monoisotopic (exact) mass is 344 g/mol. The maximum Gasteiger partial charge on any atom is 0.410 e. The summed E-state index contributed by atoms with van der Waals surface area (Å²) in [5.74, 6) is -0.133. The fourth-order valence-electron chi connectivity index (χ4n) is 2.98. The number of carbonyl (C=O) groups excluding carboxylic acids is 1. The summed E-state index contributed by atoms with van der Waals surface area (Å²) >= 11 is 0. The number of benzene rings is 1. The summed E-state index contributed by atoms with van der Waals surface area (Å²) in [6, 6.07) is 7.79. The van der Waals surface area contributed by atoms with Gasteiger partial charge in [0.15, 0.2) is 0 Å². The first-order chi connectivity index (χ1) is 11.8. The number of aliphatic hydroxyl groups is 1. The Hall–Kier alpha value is -2.41. The molecule has 0 saturated carbocycles. The van der Waals surface area contributed by atoms with Crippen LogP contribution in [-0.4, -0.2) is 55.9 Å². The molecule has 0 unspecified atom stereocenters. The van der Waals surface area contributed by atoms with Crippen LogP contribution in [0.1, 0.15) is 38.7 Å². The number of hydrogen-bond acceptors (Lipinski definition) is 5. The molecule has 1 amide bonds. The zero-order valence-electron chi connectivity index (χ0n) is 14.8. The molecule has 1 saturated heterocycles. The van der Waals surface area contributed by atoms with Crippen LogP contribution in [0, 0.1) is 0 Å². The van der Waals surface area contributed by atoms with Crippen LogP contribution in [0.4, 0.5) is 4.79 Å². The van der Waals surface area contributed by atoms with Crippen LogP contribution in [0.25, 0.3) is 5.69 Å². The highest BCUT2D eigenvalue weighted by Gasteiger charge is 2.33. The summed E-state index contributed by atoms with van der Waals surface area (Å²) < 4.78 is 7.13. The molecule has 7 nitrogen and oxygen atoms in total. The molecule has 3 rings (SSSR count). The van der Waals surface area contributed by atoms with Crippen LogP contribution in [0.2, 0.25) is 0 Å². The summed E-state index contributed by atoms with van der Waals surface area (Å²) in [6.07, 6.45) is 3.13. The van der Waals surface area contributed by atoms with Gasteiger partial charge in [-0.25, -0.2) is 9.48 Å². The van der Waals surface area contributed by atoms with Crippen molar-refractivity contribution in [1.82, 2.24) is 19.9 Å². The van der Waals surface area contributed by atoms with Crippen molar-refractivity contribution in [3.05, 3.63) is 42.2 Å². The third-order valence-electron chi connectivity index (χ3n) is 4.24. The van der Waals surface area contributed by atoms with Crippen molar-refractivity contribution in [3.63, 3.8) is 0 Å². The third kappa shape index (κ3) is 4.17. The van der Waals surface area contributed by atoms with E-state index in [9.17, 15) is 9.90 Å². The van der Waals surface area contributed by atoms with Gasteiger partial charge in [0.1, 0.15) is 5.60 Å². The van der Waals surface area contributed by atoms with Gasteiger partial charge in [-0.1, -0.05) is 17.3 Å². The van der Waals surface area contributed by atoms with E-state index < -0.39 is 11.7 Å². The van der Waals surface area contributed by atoms with Crippen LogP contribution >= 0.6 is 0 Å². The number of rotatable bonds is 2. The van der Waals surface area contributed by atoms with Gasteiger partial charge in [0, 0.05) is 19.0 Å². The van der Waals surface area contributed by atoms with Gasteiger partial charge in [-0.15, -0.1) is 5.10 Å². The van der Waals surface area contributed by atoms with E-state index in [2.05, 4.69) is 10.3 Å². The van der Waals surface area contributed by atoms with E-state index in [0.29, 0.717) is 19.5 Å². The van der Waals surface area contributed by atoms with Gasteiger partial charge >= 0.3 is 6.09 Å². The summed E-state index contributed by atoms with van der Waals surface area (Å²) in [6.45, 7) is 6.50. The first kappa shape index (κ1) is 17.4. The van der Waals surface area contributed by atoms with Crippen LogP contribution in [0.5, 0.6) is 0 Å². The Kier molecular flexibility index (Phi) is 4.76. The molecule has 134 valence electrons. The molecule has 1 aliphatic heterocycles. The van der Waals surface area contributed by atoms with Crippen molar-refractivity contribution in [2.75, 3.05) is 13.1 Å². The second kappa shape index (κ2) is 6.84. The summed E-state index contributed by atoms with van der Waals surface area (Å²) in [4.78, 5) is 14.0. The van der Waals surface area contributed by atoms with E-state index in [0.717, 1.165) is 11.3 Å². The molecule has 1 aromatic heterocycles. The Morgan fingerprint density at radius 2 is 2.00 bits per heavy atom.